The standard InChI is InChI=1S/C15H28N2O/c1-2-4-13-11-17(8-3-7-16-13)10-12-9-14-5-6-15(12)18-14/h12-16H,2-11H2,1H3. The van der Waals surface area contributed by atoms with E-state index >= 15 is 0 Å². The predicted molar refractivity (Wildman–Crippen MR) is 73.8 cm³/mol. The van der Waals surface area contributed by atoms with Crippen molar-refractivity contribution in [2.45, 2.75) is 63.7 Å². The van der Waals surface area contributed by atoms with E-state index in [9.17, 15) is 0 Å². The van der Waals surface area contributed by atoms with Gasteiger partial charge < -0.3 is 15.0 Å². The predicted octanol–water partition coefficient (Wildman–Crippen LogP) is 2.02. The van der Waals surface area contributed by atoms with Gasteiger partial charge in [-0.25, -0.2) is 0 Å². The number of nitrogens with one attached hydrogen (secondary N) is 1. The lowest BCUT2D eigenvalue weighted by Gasteiger charge is -2.29. The maximum absolute atomic E-state index is 5.99. The second-order valence-electron chi connectivity index (χ2n) is 6.42. The van der Waals surface area contributed by atoms with Gasteiger partial charge in [0.1, 0.15) is 0 Å². The number of ether oxygens (including phenoxy) is 1. The summed E-state index contributed by atoms with van der Waals surface area (Å²) in [4.78, 5) is 2.70. The summed E-state index contributed by atoms with van der Waals surface area (Å²) in [5.74, 6) is 0.823. The fourth-order valence-electron chi connectivity index (χ4n) is 4.05. The molecule has 3 fully saturated rings. The lowest BCUT2D eigenvalue weighted by Crippen LogP contribution is -2.41. The molecule has 4 unspecified atom stereocenters. The van der Waals surface area contributed by atoms with Crippen molar-refractivity contribution in [2.75, 3.05) is 26.2 Å². The highest BCUT2D eigenvalue weighted by Crippen LogP contribution is 2.39. The maximum atomic E-state index is 5.99. The lowest BCUT2D eigenvalue weighted by molar-refractivity contribution is 0.0836. The minimum Gasteiger partial charge on any atom is -0.375 e. The summed E-state index contributed by atoms with van der Waals surface area (Å²) >= 11 is 0. The molecule has 3 rings (SSSR count). The van der Waals surface area contributed by atoms with E-state index in [0.29, 0.717) is 12.2 Å². The molecule has 0 amide bonds. The molecule has 0 aromatic carbocycles. The van der Waals surface area contributed by atoms with Crippen LogP contribution in [0.4, 0.5) is 0 Å². The van der Waals surface area contributed by atoms with Gasteiger partial charge in [-0.3, -0.25) is 0 Å². The molecular formula is C15H28N2O. The number of fused-ring (bicyclic) bond motifs is 2. The number of rotatable bonds is 4. The van der Waals surface area contributed by atoms with Crippen molar-refractivity contribution in [3.8, 4) is 0 Å². The van der Waals surface area contributed by atoms with Gasteiger partial charge in [0.15, 0.2) is 0 Å². The lowest BCUT2D eigenvalue weighted by atomic mass is 9.88. The first-order chi connectivity index (χ1) is 8.85. The topological polar surface area (TPSA) is 24.5 Å². The molecule has 0 aliphatic carbocycles. The van der Waals surface area contributed by atoms with Crippen LogP contribution in [0.5, 0.6) is 0 Å². The largest absolute Gasteiger partial charge is 0.375 e. The second-order valence-corrected chi connectivity index (χ2v) is 6.42. The first-order valence-electron chi connectivity index (χ1n) is 7.96. The Bertz CT molecular complexity index is 271. The number of hydrogen-bond donors (Lipinski definition) is 1. The monoisotopic (exact) mass is 252 g/mol. The summed E-state index contributed by atoms with van der Waals surface area (Å²) in [6.07, 6.45) is 9.09. The third-order valence-corrected chi connectivity index (χ3v) is 4.92. The maximum Gasteiger partial charge on any atom is 0.0621 e. The smallest absolute Gasteiger partial charge is 0.0621 e. The normalized spacial score (nSPS) is 41.2. The summed E-state index contributed by atoms with van der Waals surface area (Å²) in [6, 6.07) is 0.719. The molecule has 3 heterocycles. The molecule has 104 valence electrons. The van der Waals surface area contributed by atoms with E-state index in [1.54, 1.807) is 0 Å². The SMILES string of the molecule is CCCC1CN(CC2CC3CCC2O3)CCCN1. The highest BCUT2D eigenvalue weighted by atomic mass is 16.5. The van der Waals surface area contributed by atoms with E-state index in [1.807, 2.05) is 0 Å². The average Bonchev–Trinajstić information content (AvgIpc) is 2.90. The highest BCUT2D eigenvalue weighted by molar-refractivity contribution is 4.91. The minimum atomic E-state index is 0.593. The van der Waals surface area contributed by atoms with Gasteiger partial charge in [-0.05, 0) is 45.2 Å². The van der Waals surface area contributed by atoms with Crippen LogP contribution in [0.15, 0.2) is 0 Å². The molecule has 0 aromatic heterocycles. The van der Waals surface area contributed by atoms with Gasteiger partial charge in [0.2, 0.25) is 0 Å². The average molecular weight is 252 g/mol. The van der Waals surface area contributed by atoms with Crippen LogP contribution in [0.25, 0.3) is 0 Å². The zero-order chi connectivity index (χ0) is 12.4. The molecule has 3 nitrogen and oxygen atoms in total. The van der Waals surface area contributed by atoms with Crippen molar-refractivity contribution in [1.29, 1.82) is 0 Å². The van der Waals surface area contributed by atoms with Crippen LogP contribution in [-0.2, 0) is 4.74 Å². The number of hydrogen-bond acceptors (Lipinski definition) is 3. The van der Waals surface area contributed by atoms with Crippen LogP contribution < -0.4 is 5.32 Å². The Labute approximate surface area is 111 Å². The highest BCUT2D eigenvalue weighted by Gasteiger charge is 2.41. The summed E-state index contributed by atoms with van der Waals surface area (Å²) in [5.41, 5.74) is 0. The van der Waals surface area contributed by atoms with Gasteiger partial charge in [-0.15, -0.1) is 0 Å². The van der Waals surface area contributed by atoms with Crippen LogP contribution in [0, 0.1) is 5.92 Å². The van der Waals surface area contributed by atoms with Crippen molar-refractivity contribution in [1.82, 2.24) is 10.2 Å². The Morgan fingerprint density at radius 3 is 3.00 bits per heavy atom. The van der Waals surface area contributed by atoms with E-state index in [0.717, 1.165) is 12.0 Å². The molecule has 0 saturated carbocycles. The van der Waals surface area contributed by atoms with Gasteiger partial charge in [0.05, 0.1) is 12.2 Å². The fourth-order valence-corrected chi connectivity index (χ4v) is 4.05. The Kier molecular flexibility index (Phi) is 4.22. The van der Waals surface area contributed by atoms with E-state index in [4.69, 9.17) is 4.74 Å². The summed E-state index contributed by atoms with van der Waals surface area (Å²) < 4.78 is 5.99. The van der Waals surface area contributed by atoms with E-state index in [1.165, 1.54) is 64.7 Å². The number of nitrogens with zero attached hydrogens (tertiary/aromatic N) is 1. The Hall–Kier alpha value is -0.120. The Balaban J connectivity index is 1.51. The molecule has 3 aliphatic heterocycles. The molecule has 1 N–H and O–H groups in total. The van der Waals surface area contributed by atoms with Crippen LogP contribution in [0.2, 0.25) is 0 Å². The van der Waals surface area contributed by atoms with E-state index in [-0.39, 0.29) is 0 Å². The molecule has 18 heavy (non-hydrogen) atoms. The van der Waals surface area contributed by atoms with Gasteiger partial charge in [0.25, 0.3) is 0 Å². The molecule has 3 heteroatoms. The minimum absolute atomic E-state index is 0.593. The van der Waals surface area contributed by atoms with Crippen molar-refractivity contribution in [3.05, 3.63) is 0 Å². The molecule has 3 saturated heterocycles. The molecule has 4 atom stereocenters. The van der Waals surface area contributed by atoms with Crippen LogP contribution in [-0.4, -0.2) is 49.3 Å². The van der Waals surface area contributed by atoms with Crippen molar-refractivity contribution in [2.24, 2.45) is 5.92 Å². The van der Waals surface area contributed by atoms with E-state index < -0.39 is 0 Å². The Morgan fingerprint density at radius 1 is 1.33 bits per heavy atom. The summed E-state index contributed by atoms with van der Waals surface area (Å²) in [7, 11) is 0. The third kappa shape index (κ3) is 2.89. The fraction of sp³-hybridized carbons (Fsp3) is 1.00. The van der Waals surface area contributed by atoms with Crippen LogP contribution >= 0.6 is 0 Å². The molecule has 0 spiro atoms. The van der Waals surface area contributed by atoms with Crippen LogP contribution in [0.3, 0.4) is 0 Å². The summed E-state index contributed by atoms with van der Waals surface area (Å²) in [6.45, 7) is 7.31. The van der Waals surface area contributed by atoms with Crippen molar-refractivity contribution >= 4 is 0 Å². The second kappa shape index (κ2) is 5.89. The van der Waals surface area contributed by atoms with Crippen molar-refractivity contribution < 1.29 is 4.74 Å². The molecule has 3 aliphatic rings. The third-order valence-electron chi connectivity index (χ3n) is 4.92. The quantitative estimate of drug-likeness (QED) is 0.828. The molecule has 0 radical (unpaired) electrons. The zero-order valence-corrected chi connectivity index (χ0v) is 11.7. The van der Waals surface area contributed by atoms with Gasteiger partial charge in [-0.2, -0.15) is 0 Å². The Morgan fingerprint density at radius 2 is 2.28 bits per heavy atom. The molecular weight excluding hydrogens is 224 g/mol. The summed E-state index contributed by atoms with van der Waals surface area (Å²) in [5, 5.41) is 3.70. The first kappa shape index (κ1) is 12.9. The molecule has 0 aromatic rings. The first-order valence-corrected chi connectivity index (χ1v) is 7.96. The molecule has 2 bridgehead atoms. The van der Waals surface area contributed by atoms with Crippen molar-refractivity contribution in [3.63, 3.8) is 0 Å². The van der Waals surface area contributed by atoms with Gasteiger partial charge in [0, 0.05) is 25.0 Å². The van der Waals surface area contributed by atoms with Crippen LogP contribution in [0.1, 0.15) is 45.4 Å². The van der Waals surface area contributed by atoms with Gasteiger partial charge in [-0.1, -0.05) is 13.3 Å². The zero-order valence-electron chi connectivity index (χ0n) is 11.7. The van der Waals surface area contributed by atoms with Gasteiger partial charge >= 0.3 is 0 Å². The van der Waals surface area contributed by atoms with E-state index in [2.05, 4.69) is 17.1 Å².